The van der Waals surface area contributed by atoms with Crippen molar-refractivity contribution in [3.8, 4) is 0 Å². The predicted octanol–water partition coefficient (Wildman–Crippen LogP) is -0.305. The summed E-state index contributed by atoms with van der Waals surface area (Å²) in [7, 11) is 3.32. The number of aliphatic carboxylic acids is 1. The molecule has 5 nitrogen and oxygen atoms in total. The van der Waals surface area contributed by atoms with E-state index in [1.54, 1.807) is 25.9 Å². The molecular formula is C9H16N2O3. The zero-order valence-corrected chi connectivity index (χ0v) is 8.70. The van der Waals surface area contributed by atoms with E-state index in [0.29, 0.717) is 12.1 Å². The minimum atomic E-state index is -0.962. The first-order valence-corrected chi connectivity index (χ1v) is 4.25. The van der Waals surface area contributed by atoms with Crippen LogP contribution in [0.2, 0.25) is 0 Å². The van der Waals surface area contributed by atoms with Crippen LogP contribution in [0.1, 0.15) is 6.92 Å². The molecule has 0 unspecified atom stereocenters. The second kappa shape index (κ2) is 6.15. The van der Waals surface area contributed by atoms with Gasteiger partial charge in [-0.25, -0.2) is 4.79 Å². The molecule has 0 saturated heterocycles. The summed E-state index contributed by atoms with van der Waals surface area (Å²) >= 11 is 0. The Morgan fingerprint density at radius 1 is 1.43 bits per heavy atom. The Morgan fingerprint density at radius 2 is 2.00 bits per heavy atom. The number of carbonyl (C=O) groups excluding carboxylic acids is 1. The summed E-state index contributed by atoms with van der Waals surface area (Å²) in [6.07, 6.45) is 1.14. The fourth-order valence-corrected chi connectivity index (χ4v) is 1.06. The molecule has 0 radical (unpaired) electrons. The lowest BCUT2D eigenvalue weighted by molar-refractivity contribution is -0.131. The summed E-state index contributed by atoms with van der Waals surface area (Å²) in [5, 5.41) is 10.9. The van der Waals surface area contributed by atoms with E-state index in [4.69, 9.17) is 5.11 Å². The van der Waals surface area contributed by atoms with Crippen LogP contribution in [0.25, 0.3) is 0 Å². The maximum atomic E-state index is 10.9. The van der Waals surface area contributed by atoms with Crippen LogP contribution in [0.3, 0.4) is 0 Å². The highest BCUT2D eigenvalue weighted by Gasteiger charge is 2.05. The first-order valence-electron chi connectivity index (χ1n) is 4.25. The van der Waals surface area contributed by atoms with Gasteiger partial charge < -0.3 is 10.4 Å². The smallest absolute Gasteiger partial charge is 0.328 e. The highest BCUT2D eigenvalue weighted by atomic mass is 16.4. The van der Waals surface area contributed by atoms with Gasteiger partial charge in [0.05, 0.1) is 6.54 Å². The third kappa shape index (κ3) is 6.19. The predicted molar refractivity (Wildman–Crippen MR) is 53.0 cm³/mol. The number of hydrogen-bond donors (Lipinski definition) is 2. The molecule has 0 spiro atoms. The summed E-state index contributed by atoms with van der Waals surface area (Å²) in [4.78, 5) is 23.0. The van der Waals surface area contributed by atoms with Crippen LogP contribution in [0.15, 0.2) is 11.6 Å². The Balaban J connectivity index is 3.99. The van der Waals surface area contributed by atoms with Gasteiger partial charge in [0.2, 0.25) is 5.91 Å². The molecule has 0 bridgehead atoms. The molecule has 0 aromatic heterocycles. The van der Waals surface area contributed by atoms with Gasteiger partial charge in [-0.2, -0.15) is 0 Å². The fraction of sp³-hybridized carbons (Fsp3) is 0.556. The zero-order valence-electron chi connectivity index (χ0n) is 8.70. The van der Waals surface area contributed by atoms with E-state index in [-0.39, 0.29) is 12.5 Å². The molecule has 0 heterocycles. The first kappa shape index (κ1) is 12.6. The average Bonchev–Trinajstić information content (AvgIpc) is 2.01. The molecule has 0 aliphatic heterocycles. The van der Waals surface area contributed by atoms with Crippen LogP contribution < -0.4 is 5.32 Å². The van der Waals surface area contributed by atoms with Crippen LogP contribution in [0.5, 0.6) is 0 Å². The van der Waals surface area contributed by atoms with Gasteiger partial charge in [-0.05, 0) is 14.0 Å². The molecule has 0 rings (SSSR count). The van der Waals surface area contributed by atoms with Gasteiger partial charge in [0, 0.05) is 19.7 Å². The van der Waals surface area contributed by atoms with Gasteiger partial charge in [0.15, 0.2) is 0 Å². The van der Waals surface area contributed by atoms with E-state index in [0.717, 1.165) is 6.08 Å². The van der Waals surface area contributed by atoms with Crippen molar-refractivity contribution in [1.82, 2.24) is 10.2 Å². The van der Waals surface area contributed by atoms with E-state index >= 15 is 0 Å². The van der Waals surface area contributed by atoms with Crippen molar-refractivity contribution in [2.75, 3.05) is 27.2 Å². The number of hydrogen-bond acceptors (Lipinski definition) is 3. The van der Waals surface area contributed by atoms with Crippen molar-refractivity contribution in [1.29, 1.82) is 0 Å². The van der Waals surface area contributed by atoms with Crippen molar-refractivity contribution in [3.63, 3.8) is 0 Å². The van der Waals surface area contributed by atoms with Crippen LogP contribution in [0, 0.1) is 0 Å². The van der Waals surface area contributed by atoms with Gasteiger partial charge in [0.1, 0.15) is 0 Å². The van der Waals surface area contributed by atoms with E-state index in [2.05, 4.69) is 5.32 Å². The molecule has 0 fully saturated rings. The van der Waals surface area contributed by atoms with Crippen LogP contribution in [-0.2, 0) is 9.59 Å². The Bertz CT molecular complexity index is 248. The Hall–Kier alpha value is -1.36. The number of nitrogens with one attached hydrogen (secondary N) is 1. The molecule has 2 N–H and O–H groups in total. The maximum absolute atomic E-state index is 10.9. The fourth-order valence-electron chi connectivity index (χ4n) is 1.06. The van der Waals surface area contributed by atoms with Gasteiger partial charge in [0.25, 0.3) is 0 Å². The molecule has 5 heteroatoms. The lowest BCUT2D eigenvalue weighted by Gasteiger charge is -2.15. The Labute approximate surface area is 83.4 Å². The molecule has 80 valence electrons. The van der Waals surface area contributed by atoms with Gasteiger partial charge in [-0.3, -0.25) is 9.69 Å². The minimum Gasteiger partial charge on any atom is -0.478 e. The summed E-state index contributed by atoms with van der Waals surface area (Å²) in [5.74, 6) is -1.05. The van der Waals surface area contributed by atoms with E-state index in [1.165, 1.54) is 0 Å². The standard InChI is InChI=1S/C9H16N2O3/c1-7(4-9(13)14)5-11(3)6-8(12)10-2/h4H,5-6H2,1-3H3,(H,10,12)(H,13,14). The molecule has 0 saturated carbocycles. The second-order valence-electron chi connectivity index (χ2n) is 3.17. The van der Waals surface area contributed by atoms with Gasteiger partial charge in [-0.15, -0.1) is 0 Å². The highest BCUT2D eigenvalue weighted by Crippen LogP contribution is 1.95. The molecule has 0 atom stereocenters. The average molecular weight is 200 g/mol. The topological polar surface area (TPSA) is 69.6 Å². The van der Waals surface area contributed by atoms with Crippen LogP contribution in [0.4, 0.5) is 0 Å². The van der Waals surface area contributed by atoms with Gasteiger partial charge in [-0.1, -0.05) is 5.57 Å². The first-order chi connectivity index (χ1) is 6.45. The summed E-state index contributed by atoms with van der Waals surface area (Å²) in [6, 6.07) is 0. The van der Waals surface area contributed by atoms with Crippen molar-refractivity contribution < 1.29 is 14.7 Å². The summed E-state index contributed by atoms with van der Waals surface area (Å²) in [5.41, 5.74) is 0.712. The van der Waals surface area contributed by atoms with E-state index in [9.17, 15) is 9.59 Å². The number of nitrogens with zero attached hydrogens (tertiary/aromatic N) is 1. The summed E-state index contributed by atoms with van der Waals surface area (Å²) < 4.78 is 0. The monoisotopic (exact) mass is 200 g/mol. The third-order valence-electron chi connectivity index (χ3n) is 1.58. The van der Waals surface area contributed by atoms with E-state index < -0.39 is 5.97 Å². The molecule has 0 aromatic carbocycles. The number of rotatable bonds is 5. The molecule has 0 aromatic rings. The quantitative estimate of drug-likeness (QED) is 0.597. The SMILES string of the molecule is CNC(=O)CN(C)CC(C)=CC(=O)O. The van der Waals surface area contributed by atoms with Gasteiger partial charge >= 0.3 is 5.97 Å². The molecule has 14 heavy (non-hydrogen) atoms. The number of amides is 1. The number of carboxylic acids is 1. The number of likely N-dealkylation sites (N-methyl/N-ethyl adjacent to an activating group) is 2. The normalized spacial score (nSPS) is 11.6. The number of carbonyl (C=O) groups is 2. The van der Waals surface area contributed by atoms with Crippen LogP contribution >= 0.6 is 0 Å². The van der Waals surface area contributed by atoms with Crippen LogP contribution in [-0.4, -0.2) is 49.1 Å². The molecule has 0 aliphatic rings. The lowest BCUT2D eigenvalue weighted by atomic mass is 10.2. The Kier molecular flexibility index (Phi) is 5.55. The highest BCUT2D eigenvalue weighted by molar-refractivity contribution is 5.80. The van der Waals surface area contributed by atoms with Crippen molar-refractivity contribution in [3.05, 3.63) is 11.6 Å². The molecular weight excluding hydrogens is 184 g/mol. The summed E-state index contributed by atoms with van der Waals surface area (Å²) in [6.45, 7) is 2.45. The number of carboxylic acid groups (broad SMARTS) is 1. The van der Waals surface area contributed by atoms with Crippen molar-refractivity contribution in [2.45, 2.75) is 6.92 Å². The zero-order chi connectivity index (χ0) is 11.1. The Morgan fingerprint density at radius 3 is 2.43 bits per heavy atom. The van der Waals surface area contributed by atoms with Crippen molar-refractivity contribution in [2.24, 2.45) is 0 Å². The van der Waals surface area contributed by atoms with E-state index in [1.807, 2.05) is 0 Å². The minimum absolute atomic E-state index is 0.0874. The van der Waals surface area contributed by atoms with Crippen molar-refractivity contribution >= 4 is 11.9 Å². The molecule has 0 aliphatic carbocycles. The second-order valence-corrected chi connectivity index (χ2v) is 3.17. The lowest BCUT2D eigenvalue weighted by Crippen LogP contribution is -2.33. The maximum Gasteiger partial charge on any atom is 0.328 e. The molecule has 1 amide bonds. The third-order valence-corrected chi connectivity index (χ3v) is 1.58. The largest absolute Gasteiger partial charge is 0.478 e.